The minimum Gasteiger partial charge on any atom is -0.342 e. The van der Waals surface area contributed by atoms with E-state index in [-0.39, 0.29) is 11.8 Å². The van der Waals surface area contributed by atoms with E-state index >= 15 is 0 Å². The molecule has 2 aliphatic rings. The molecule has 0 aromatic rings. The minimum atomic E-state index is -0.697. The van der Waals surface area contributed by atoms with Crippen LogP contribution in [0.4, 0.5) is 0 Å². The minimum absolute atomic E-state index is 0.0393. The van der Waals surface area contributed by atoms with Crippen LogP contribution in [-0.2, 0) is 9.59 Å². The Morgan fingerprint density at radius 2 is 1.95 bits per heavy atom. The lowest BCUT2D eigenvalue weighted by Gasteiger charge is -2.45. The molecule has 0 radical (unpaired) electrons. The molecular formula is C14H25N3O2. The van der Waals surface area contributed by atoms with Crippen LogP contribution in [0.25, 0.3) is 0 Å². The largest absolute Gasteiger partial charge is 0.342 e. The summed E-state index contributed by atoms with van der Waals surface area (Å²) >= 11 is 0. The molecule has 19 heavy (non-hydrogen) atoms. The zero-order valence-corrected chi connectivity index (χ0v) is 12.2. The Morgan fingerprint density at radius 3 is 2.58 bits per heavy atom. The quantitative estimate of drug-likeness (QED) is 0.790. The lowest BCUT2D eigenvalue weighted by atomic mass is 9.91. The average Bonchev–Trinajstić information content (AvgIpc) is 2.37. The van der Waals surface area contributed by atoms with Gasteiger partial charge in [0.25, 0.3) is 0 Å². The Bertz CT molecular complexity index is 362. The number of hydrogen-bond acceptors (Lipinski definition) is 3. The zero-order valence-electron chi connectivity index (χ0n) is 12.2. The fraction of sp³-hybridized carbons (Fsp3) is 0.857. The first kappa shape index (κ1) is 14.3. The second-order valence-corrected chi connectivity index (χ2v) is 6.23. The van der Waals surface area contributed by atoms with E-state index in [0.717, 1.165) is 25.9 Å². The highest BCUT2D eigenvalue weighted by Gasteiger charge is 2.43. The second-order valence-electron chi connectivity index (χ2n) is 6.23. The molecule has 1 N–H and O–H groups in total. The van der Waals surface area contributed by atoms with Crippen LogP contribution in [0, 0.1) is 5.92 Å². The summed E-state index contributed by atoms with van der Waals surface area (Å²) in [5, 5.41) is 3.31. The average molecular weight is 267 g/mol. The predicted octanol–water partition coefficient (Wildman–Crippen LogP) is 0.455. The Labute approximate surface area is 115 Å². The Kier molecular flexibility index (Phi) is 4.13. The number of likely N-dealkylation sites (N-methyl/N-ethyl adjacent to an activating group) is 1. The molecule has 108 valence electrons. The van der Waals surface area contributed by atoms with Gasteiger partial charge in [0.05, 0.1) is 0 Å². The molecule has 0 unspecified atom stereocenters. The summed E-state index contributed by atoms with van der Waals surface area (Å²) in [6.45, 7) is 7.00. The number of nitrogens with one attached hydrogen (secondary N) is 1. The van der Waals surface area contributed by atoms with Crippen molar-refractivity contribution in [2.45, 2.75) is 38.6 Å². The van der Waals surface area contributed by atoms with Gasteiger partial charge in [-0.15, -0.1) is 0 Å². The third-order valence-corrected chi connectivity index (χ3v) is 4.43. The number of piperazine rings is 1. The van der Waals surface area contributed by atoms with Crippen molar-refractivity contribution in [1.29, 1.82) is 0 Å². The van der Waals surface area contributed by atoms with Crippen molar-refractivity contribution in [2.75, 3.05) is 33.2 Å². The molecule has 0 bridgehead atoms. The number of amides is 2. The van der Waals surface area contributed by atoms with Crippen molar-refractivity contribution >= 4 is 11.8 Å². The molecule has 0 aromatic heterocycles. The van der Waals surface area contributed by atoms with Gasteiger partial charge in [0.2, 0.25) is 11.8 Å². The molecule has 0 saturated carbocycles. The van der Waals surface area contributed by atoms with Gasteiger partial charge in [-0.3, -0.25) is 9.59 Å². The van der Waals surface area contributed by atoms with E-state index in [1.807, 2.05) is 13.8 Å². The Morgan fingerprint density at radius 1 is 1.32 bits per heavy atom. The first-order valence-corrected chi connectivity index (χ1v) is 7.19. The zero-order chi connectivity index (χ0) is 14.0. The number of hydrogen-bond donors (Lipinski definition) is 1. The SMILES string of the molecule is CN1CCN(C(=O)CC2CCNCC2)C(C)(C)C1=O. The Hall–Kier alpha value is -1.10. The van der Waals surface area contributed by atoms with Gasteiger partial charge in [-0.25, -0.2) is 0 Å². The number of nitrogens with zero attached hydrogens (tertiary/aromatic N) is 2. The number of carbonyl (C=O) groups is 2. The van der Waals surface area contributed by atoms with E-state index in [4.69, 9.17) is 0 Å². The highest BCUT2D eigenvalue weighted by molar-refractivity contribution is 5.91. The van der Waals surface area contributed by atoms with E-state index in [0.29, 0.717) is 25.4 Å². The predicted molar refractivity (Wildman–Crippen MR) is 73.6 cm³/mol. The van der Waals surface area contributed by atoms with Crippen LogP contribution in [0.5, 0.6) is 0 Å². The monoisotopic (exact) mass is 267 g/mol. The van der Waals surface area contributed by atoms with E-state index < -0.39 is 5.54 Å². The maximum absolute atomic E-state index is 12.5. The molecule has 2 fully saturated rings. The van der Waals surface area contributed by atoms with Crippen LogP contribution in [0.1, 0.15) is 33.1 Å². The first-order chi connectivity index (χ1) is 8.93. The third kappa shape index (κ3) is 2.91. The van der Waals surface area contributed by atoms with Crippen LogP contribution in [0.15, 0.2) is 0 Å². The van der Waals surface area contributed by atoms with Gasteiger partial charge in [0.15, 0.2) is 0 Å². The van der Waals surface area contributed by atoms with Crippen molar-refractivity contribution in [3.8, 4) is 0 Å². The normalized spacial score (nSPS) is 24.7. The molecule has 0 aromatic carbocycles. The van der Waals surface area contributed by atoms with Crippen LogP contribution in [-0.4, -0.2) is 60.4 Å². The van der Waals surface area contributed by atoms with Crippen LogP contribution >= 0.6 is 0 Å². The fourth-order valence-corrected chi connectivity index (χ4v) is 3.09. The van der Waals surface area contributed by atoms with E-state index in [2.05, 4.69) is 5.32 Å². The van der Waals surface area contributed by atoms with Crippen molar-refractivity contribution in [3.05, 3.63) is 0 Å². The summed E-state index contributed by atoms with van der Waals surface area (Å²) in [5.41, 5.74) is -0.697. The van der Waals surface area contributed by atoms with Crippen LogP contribution < -0.4 is 5.32 Å². The topological polar surface area (TPSA) is 52.6 Å². The van der Waals surface area contributed by atoms with Gasteiger partial charge in [-0.1, -0.05) is 0 Å². The van der Waals surface area contributed by atoms with Crippen molar-refractivity contribution in [2.24, 2.45) is 5.92 Å². The third-order valence-electron chi connectivity index (χ3n) is 4.43. The number of piperidine rings is 1. The highest BCUT2D eigenvalue weighted by atomic mass is 16.2. The van der Waals surface area contributed by atoms with Gasteiger partial charge in [0.1, 0.15) is 5.54 Å². The molecule has 2 heterocycles. The van der Waals surface area contributed by atoms with E-state index in [1.54, 1.807) is 16.8 Å². The van der Waals surface area contributed by atoms with Gasteiger partial charge in [-0.2, -0.15) is 0 Å². The highest BCUT2D eigenvalue weighted by Crippen LogP contribution is 2.25. The van der Waals surface area contributed by atoms with Crippen LogP contribution in [0.2, 0.25) is 0 Å². The molecule has 2 rings (SSSR count). The molecule has 2 saturated heterocycles. The van der Waals surface area contributed by atoms with Gasteiger partial charge in [-0.05, 0) is 45.7 Å². The molecule has 5 heteroatoms. The van der Waals surface area contributed by atoms with E-state index in [1.165, 1.54) is 0 Å². The smallest absolute Gasteiger partial charge is 0.247 e. The second kappa shape index (κ2) is 5.49. The fourth-order valence-electron chi connectivity index (χ4n) is 3.09. The maximum Gasteiger partial charge on any atom is 0.247 e. The lowest BCUT2D eigenvalue weighted by molar-refractivity contribution is -0.157. The van der Waals surface area contributed by atoms with Crippen molar-refractivity contribution in [1.82, 2.24) is 15.1 Å². The number of carbonyl (C=O) groups excluding carboxylic acids is 2. The molecule has 2 aliphatic heterocycles. The molecule has 0 spiro atoms. The molecule has 2 amide bonds. The van der Waals surface area contributed by atoms with Crippen molar-refractivity contribution < 1.29 is 9.59 Å². The first-order valence-electron chi connectivity index (χ1n) is 7.19. The summed E-state index contributed by atoms with van der Waals surface area (Å²) in [5.74, 6) is 0.648. The lowest BCUT2D eigenvalue weighted by Crippen LogP contribution is -2.63. The van der Waals surface area contributed by atoms with Gasteiger partial charge < -0.3 is 15.1 Å². The maximum atomic E-state index is 12.5. The summed E-state index contributed by atoms with van der Waals surface area (Å²) in [6.07, 6.45) is 2.71. The summed E-state index contributed by atoms with van der Waals surface area (Å²) in [7, 11) is 1.80. The Balaban J connectivity index is 1.99. The number of rotatable bonds is 2. The summed E-state index contributed by atoms with van der Waals surface area (Å²) in [4.78, 5) is 28.1. The van der Waals surface area contributed by atoms with E-state index in [9.17, 15) is 9.59 Å². The molecule has 0 atom stereocenters. The van der Waals surface area contributed by atoms with Crippen molar-refractivity contribution in [3.63, 3.8) is 0 Å². The van der Waals surface area contributed by atoms with Crippen LogP contribution in [0.3, 0.4) is 0 Å². The van der Waals surface area contributed by atoms with Gasteiger partial charge in [0, 0.05) is 26.6 Å². The molecule has 5 nitrogen and oxygen atoms in total. The standard InChI is InChI=1S/C14H25N3O2/c1-14(2)13(19)16(3)8-9-17(14)12(18)10-11-4-6-15-7-5-11/h11,15H,4-10H2,1-3H3. The summed E-state index contributed by atoms with van der Waals surface area (Å²) in [6, 6.07) is 0. The van der Waals surface area contributed by atoms with Gasteiger partial charge >= 0.3 is 0 Å². The molecular weight excluding hydrogens is 242 g/mol. The summed E-state index contributed by atoms with van der Waals surface area (Å²) < 4.78 is 0. The molecule has 0 aliphatic carbocycles.